The average molecular weight is 463 g/mol. The van der Waals surface area contributed by atoms with E-state index < -0.39 is 0 Å². The fourth-order valence-electron chi connectivity index (χ4n) is 4.41. The maximum absolute atomic E-state index is 10.2. The van der Waals surface area contributed by atoms with E-state index in [1.807, 2.05) is 18.2 Å². The van der Waals surface area contributed by atoms with Crippen molar-refractivity contribution in [1.29, 1.82) is 0 Å². The fraction of sp³-hybridized carbons (Fsp3) is 0.308. The number of anilines is 1. The monoisotopic (exact) mass is 462 g/mol. The second kappa shape index (κ2) is 10.8. The van der Waals surface area contributed by atoms with Crippen LogP contribution in [-0.2, 0) is 6.42 Å². The van der Waals surface area contributed by atoms with Gasteiger partial charge in [0, 0.05) is 43.1 Å². The van der Waals surface area contributed by atoms with E-state index in [9.17, 15) is 10.2 Å². The van der Waals surface area contributed by atoms with Gasteiger partial charge in [-0.05, 0) is 47.9 Å². The van der Waals surface area contributed by atoms with E-state index >= 15 is 0 Å². The molecule has 0 unspecified atom stereocenters. The molecule has 3 aromatic rings. The summed E-state index contributed by atoms with van der Waals surface area (Å²) in [5.74, 6) is 0. The van der Waals surface area contributed by atoms with Crippen LogP contribution in [0.25, 0.3) is 4.85 Å². The summed E-state index contributed by atoms with van der Waals surface area (Å²) in [5, 5.41) is 20.1. The van der Waals surface area contributed by atoms with E-state index in [1.165, 1.54) is 0 Å². The molecular weight excluding hydrogens is 436 g/mol. The summed E-state index contributed by atoms with van der Waals surface area (Å²) in [6.07, 6.45) is 2.21. The van der Waals surface area contributed by atoms with Crippen LogP contribution in [0.2, 0.25) is 5.02 Å². The summed E-state index contributed by atoms with van der Waals surface area (Å²) in [6.45, 7) is 9.48. The minimum absolute atomic E-state index is 0.0481. The van der Waals surface area contributed by atoms with Gasteiger partial charge in [-0.15, -0.1) is 0 Å². The molecule has 1 aliphatic rings. The van der Waals surface area contributed by atoms with Crippen LogP contribution in [0, 0.1) is 6.57 Å². The van der Waals surface area contributed by atoms with Crippen molar-refractivity contribution < 1.29 is 10.2 Å². The lowest BCUT2D eigenvalue weighted by Crippen LogP contribution is -2.50. The number of nitrogens with zero attached hydrogens (tertiary/aromatic N) is 4. The molecule has 0 saturated carbocycles. The SMILES string of the molecule is [C-]#[N+]c1ccc([C@@H](CO)N2CCN(c3ccc(CCO)cc3)[C@H](c3ccc(Cl)cc3)C2)nc1. The summed E-state index contributed by atoms with van der Waals surface area (Å²) >= 11 is 6.15. The van der Waals surface area contributed by atoms with Crippen LogP contribution in [0.15, 0.2) is 66.9 Å². The molecule has 2 heterocycles. The Labute approximate surface area is 199 Å². The molecule has 0 aliphatic carbocycles. The normalized spacial score (nSPS) is 17.5. The van der Waals surface area contributed by atoms with Crippen molar-refractivity contribution in [3.63, 3.8) is 0 Å². The van der Waals surface area contributed by atoms with Crippen molar-refractivity contribution >= 4 is 23.0 Å². The summed E-state index contributed by atoms with van der Waals surface area (Å²) in [6, 6.07) is 19.7. The number of aromatic nitrogens is 1. The zero-order valence-electron chi connectivity index (χ0n) is 18.3. The molecule has 6 nitrogen and oxygen atoms in total. The predicted octanol–water partition coefficient (Wildman–Crippen LogP) is 4.42. The van der Waals surface area contributed by atoms with Gasteiger partial charge in [-0.3, -0.25) is 9.88 Å². The molecule has 1 fully saturated rings. The third-order valence-electron chi connectivity index (χ3n) is 6.19. The van der Waals surface area contributed by atoms with Gasteiger partial charge in [0.2, 0.25) is 5.69 Å². The first-order chi connectivity index (χ1) is 16.1. The number of benzene rings is 2. The molecule has 0 bridgehead atoms. The largest absolute Gasteiger partial charge is 0.396 e. The lowest BCUT2D eigenvalue weighted by molar-refractivity contribution is 0.100. The summed E-state index contributed by atoms with van der Waals surface area (Å²) in [4.78, 5) is 12.5. The molecule has 1 saturated heterocycles. The van der Waals surface area contributed by atoms with E-state index in [0.717, 1.165) is 35.6 Å². The maximum atomic E-state index is 10.2. The first-order valence-electron chi connectivity index (χ1n) is 11.0. The number of piperazine rings is 1. The molecule has 1 aliphatic heterocycles. The summed E-state index contributed by atoms with van der Waals surface area (Å²) < 4.78 is 0. The molecule has 2 atom stereocenters. The van der Waals surface area contributed by atoms with E-state index in [0.29, 0.717) is 23.7 Å². The molecule has 2 aromatic carbocycles. The molecule has 0 spiro atoms. The summed E-state index contributed by atoms with van der Waals surface area (Å²) in [5.41, 5.74) is 4.63. The van der Waals surface area contributed by atoms with Gasteiger partial charge in [-0.1, -0.05) is 41.9 Å². The van der Waals surface area contributed by atoms with Crippen molar-refractivity contribution in [2.45, 2.75) is 18.5 Å². The lowest BCUT2D eigenvalue weighted by atomic mass is 9.99. The second-order valence-corrected chi connectivity index (χ2v) is 8.58. The van der Waals surface area contributed by atoms with Gasteiger partial charge in [-0.2, -0.15) is 0 Å². The molecular formula is C26H27ClN4O2. The molecule has 7 heteroatoms. The van der Waals surface area contributed by atoms with Gasteiger partial charge < -0.3 is 15.1 Å². The van der Waals surface area contributed by atoms with E-state index in [1.54, 1.807) is 12.3 Å². The Kier molecular flexibility index (Phi) is 7.58. The number of aliphatic hydroxyl groups excluding tert-OH is 2. The van der Waals surface area contributed by atoms with E-state index in [4.69, 9.17) is 18.2 Å². The Hall–Kier alpha value is -2.95. The van der Waals surface area contributed by atoms with Crippen LogP contribution in [0.5, 0.6) is 0 Å². The average Bonchev–Trinajstić information content (AvgIpc) is 2.86. The molecule has 33 heavy (non-hydrogen) atoms. The number of halogens is 1. The van der Waals surface area contributed by atoms with Crippen molar-refractivity contribution in [2.24, 2.45) is 0 Å². The second-order valence-electron chi connectivity index (χ2n) is 8.15. The first-order valence-corrected chi connectivity index (χ1v) is 11.4. The zero-order valence-corrected chi connectivity index (χ0v) is 19.1. The highest BCUT2D eigenvalue weighted by molar-refractivity contribution is 6.30. The topological polar surface area (TPSA) is 64.2 Å². The van der Waals surface area contributed by atoms with Crippen LogP contribution in [0.3, 0.4) is 0 Å². The van der Waals surface area contributed by atoms with Crippen LogP contribution in [0.4, 0.5) is 11.4 Å². The van der Waals surface area contributed by atoms with Crippen LogP contribution >= 0.6 is 11.6 Å². The van der Waals surface area contributed by atoms with Gasteiger partial charge in [0.15, 0.2) is 0 Å². The number of hydrogen-bond donors (Lipinski definition) is 2. The third-order valence-corrected chi connectivity index (χ3v) is 6.44. The van der Waals surface area contributed by atoms with E-state index in [2.05, 4.69) is 56.0 Å². The van der Waals surface area contributed by atoms with Crippen LogP contribution in [0.1, 0.15) is 28.9 Å². The summed E-state index contributed by atoms with van der Waals surface area (Å²) in [7, 11) is 0. The minimum Gasteiger partial charge on any atom is -0.396 e. The Morgan fingerprint density at radius 3 is 2.39 bits per heavy atom. The molecule has 1 aromatic heterocycles. The highest BCUT2D eigenvalue weighted by Gasteiger charge is 2.33. The number of aliphatic hydroxyl groups is 2. The lowest BCUT2D eigenvalue weighted by Gasteiger charge is -2.45. The van der Waals surface area contributed by atoms with Gasteiger partial charge in [0.25, 0.3) is 0 Å². The predicted molar refractivity (Wildman–Crippen MR) is 131 cm³/mol. The molecule has 0 radical (unpaired) electrons. The minimum atomic E-state index is -0.242. The first kappa shape index (κ1) is 23.2. The molecule has 2 N–H and O–H groups in total. The highest BCUT2D eigenvalue weighted by Crippen LogP contribution is 2.34. The molecule has 4 rings (SSSR count). The van der Waals surface area contributed by atoms with Crippen LogP contribution in [-0.4, -0.2) is 52.9 Å². The van der Waals surface area contributed by atoms with Crippen molar-refractivity contribution in [1.82, 2.24) is 9.88 Å². The number of pyridine rings is 1. The number of rotatable bonds is 7. The van der Waals surface area contributed by atoms with Crippen LogP contribution < -0.4 is 4.90 Å². The zero-order chi connectivity index (χ0) is 23.2. The number of hydrogen-bond acceptors (Lipinski definition) is 5. The van der Waals surface area contributed by atoms with Crippen molar-refractivity contribution in [2.75, 3.05) is 37.7 Å². The standard InChI is InChI=1S/C26H27ClN4O2/c1-28-22-8-11-24(29-16-22)26(18-33)30-13-14-31(23-9-2-19(3-10-23)12-15-32)25(17-30)20-4-6-21(27)7-5-20/h2-11,16,25-26,32-33H,12-15,17-18H2/t25-,26+/m0/s1. The van der Waals surface area contributed by atoms with Crippen molar-refractivity contribution in [3.05, 3.63) is 100 Å². The van der Waals surface area contributed by atoms with Crippen molar-refractivity contribution in [3.8, 4) is 0 Å². The Morgan fingerprint density at radius 1 is 1.03 bits per heavy atom. The highest BCUT2D eigenvalue weighted by atomic mass is 35.5. The maximum Gasteiger partial charge on any atom is 0.205 e. The third kappa shape index (κ3) is 5.35. The van der Waals surface area contributed by atoms with Gasteiger partial charge in [0.1, 0.15) is 0 Å². The Bertz CT molecular complexity index is 1080. The Balaban J connectivity index is 1.62. The van der Waals surface area contributed by atoms with Gasteiger partial charge in [0.05, 0.1) is 31.0 Å². The smallest absolute Gasteiger partial charge is 0.205 e. The Morgan fingerprint density at radius 2 is 1.79 bits per heavy atom. The molecule has 0 amide bonds. The fourth-order valence-corrected chi connectivity index (χ4v) is 4.53. The van der Waals surface area contributed by atoms with E-state index in [-0.39, 0.29) is 25.3 Å². The van der Waals surface area contributed by atoms with Gasteiger partial charge >= 0.3 is 0 Å². The quantitative estimate of drug-likeness (QED) is 0.509. The van der Waals surface area contributed by atoms with Gasteiger partial charge in [-0.25, -0.2) is 4.85 Å². The molecule has 170 valence electrons.